The van der Waals surface area contributed by atoms with Gasteiger partial charge < -0.3 is 15.4 Å². The van der Waals surface area contributed by atoms with Crippen molar-refractivity contribution in [1.82, 2.24) is 25.2 Å². The molecule has 0 bridgehead atoms. The van der Waals surface area contributed by atoms with Gasteiger partial charge in [-0.1, -0.05) is 19.9 Å². The summed E-state index contributed by atoms with van der Waals surface area (Å²) in [4.78, 5) is 15.4. The first kappa shape index (κ1) is 32.6. The van der Waals surface area contributed by atoms with Gasteiger partial charge in [0, 0.05) is 29.8 Å². The van der Waals surface area contributed by atoms with Crippen LogP contribution in [0.4, 0.5) is 29.5 Å². The maximum atomic E-state index is 14.3. The molecule has 15 heteroatoms. The first-order valence-electron chi connectivity index (χ1n) is 14.1. The molecule has 0 radical (unpaired) electrons. The summed E-state index contributed by atoms with van der Waals surface area (Å²) < 4.78 is 77.0. The van der Waals surface area contributed by atoms with Gasteiger partial charge in [-0.15, -0.1) is 16.4 Å². The molecule has 10 nitrogen and oxygen atoms in total. The molecule has 1 amide bonds. The molecule has 0 atom stereocenters. The fraction of sp³-hybridized carbons (Fsp3) is 0.500. The second-order valence-electron chi connectivity index (χ2n) is 10.5. The number of thiazole rings is 1. The van der Waals surface area contributed by atoms with Gasteiger partial charge in [-0.3, -0.25) is 0 Å². The Morgan fingerprint density at radius 2 is 1.81 bits per heavy atom. The van der Waals surface area contributed by atoms with Crippen LogP contribution in [0, 0.1) is 0 Å². The van der Waals surface area contributed by atoms with Crippen molar-refractivity contribution in [3.05, 3.63) is 46.7 Å². The standard InChI is InChI=1S/C28H35F3N6O4S2/c1-5-18-12-14-23(37-36-18)33-20-11-13-21(22(15-20)43(39,40)32-6-2)24-25(28(29,30)31)35-26(42-24)17-7-9-19(10-8-17)34-27(38)41-16(3)4/h11-17,19,32H,5-10H2,1-4H3,(H,33,37)(H,34,38). The van der Waals surface area contributed by atoms with E-state index in [1.807, 2.05) is 6.92 Å². The van der Waals surface area contributed by atoms with E-state index in [4.69, 9.17) is 4.74 Å². The minimum absolute atomic E-state index is 0.0471. The van der Waals surface area contributed by atoms with Crippen LogP contribution in [-0.4, -0.2) is 48.4 Å². The summed E-state index contributed by atoms with van der Waals surface area (Å²) in [5.74, 6) is 0.0915. The van der Waals surface area contributed by atoms with Crippen LogP contribution < -0.4 is 15.4 Å². The third-order valence-electron chi connectivity index (χ3n) is 6.86. The van der Waals surface area contributed by atoms with Crippen molar-refractivity contribution in [3.8, 4) is 10.4 Å². The summed E-state index contributed by atoms with van der Waals surface area (Å²) in [6.07, 6.45) is -2.77. The summed E-state index contributed by atoms with van der Waals surface area (Å²) in [6, 6.07) is 7.46. The van der Waals surface area contributed by atoms with E-state index in [0.29, 0.717) is 43.6 Å². The SMILES string of the molecule is CCNS(=O)(=O)c1cc(Nc2ccc(CC)nn2)ccc1-c1sc(C2CCC(NC(=O)OC(C)C)CC2)nc1C(F)(F)F. The topological polar surface area (TPSA) is 135 Å². The molecule has 1 aromatic carbocycles. The number of amides is 1. The van der Waals surface area contributed by atoms with Crippen LogP contribution in [0.2, 0.25) is 0 Å². The Bertz CT molecular complexity index is 1520. The van der Waals surface area contributed by atoms with Gasteiger partial charge in [-0.25, -0.2) is 22.9 Å². The van der Waals surface area contributed by atoms with E-state index < -0.39 is 28.0 Å². The monoisotopic (exact) mass is 640 g/mol. The van der Waals surface area contributed by atoms with Crippen LogP contribution >= 0.6 is 11.3 Å². The maximum Gasteiger partial charge on any atom is 0.434 e. The van der Waals surface area contributed by atoms with Crippen molar-refractivity contribution >= 4 is 39.0 Å². The lowest BCUT2D eigenvalue weighted by Gasteiger charge is -2.28. The molecular formula is C28H35F3N6O4S2. The number of nitrogens with one attached hydrogen (secondary N) is 3. The Morgan fingerprint density at radius 3 is 2.40 bits per heavy atom. The predicted octanol–water partition coefficient (Wildman–Crippen LogP) is 6.38. The van der Waals surface area contributed by atoms with E-state index in [1.54, 1.807) is 32.9 Å². The molecule has 1 aliphatic carbocycles. The first-order valence-corrected chi connectivity index (χ1v) is 16.4. The normalized spacial score (nSPS) is 17.6. The van der Waals surface area contributed by atoms with Gasteiger partial charge in [-0.05, 0) is 70.2 Å². The number of carbonyl (C=O) groups excluding carboxylic acids is 1. The maximum absolute atomic E-state index is 14.3. The van der Waals surface area contributed by atoms with E-state index in [1.165, 1.54) is 18.2 Å². The van der Waals surface area contributed by atoms with Crippen molar-refractivity contribution < 1.29 is 31.1 Å². The van der Waals surface area contributed by atoms with E-state index >= 15 is 0 Å². The molecule has 0 aliphatic heterocycles. The van der Waals surface area contributed by atoms with Crippen molar-refractivity contribution in [2.24, 2.45) is 0 Å². The largest absolute Gasteiger partial charge is 0.447 e. The Labute approximate surface area is 252 Å². The highest BCUT2D eigenvalue weighted by Crippen LogP contribution is 2.46. The molecule has 4 rings (SSSR count). The Hall–Kier alpha value is -3.30. The number of hydrogen-bond donors (Lipinski definition) is 3. The highest BCUT2D eigenvalue weighted by molar-refractivity contribution is 7.89. The van der Waals surface area contributed by atoms with Crippen molar-refractivity contribution in [1.29, 1.82) is 0 Å². The zero-order chi connectivity index (χ0) is 31.4. The van der Waals surface area contributed by atoms with E-state index in [2.05, 4.69) is 30.5 Å². The summed E-state index contributed by atoms with van der Waals surface area (Å²) in [7, 11) is -4.19. The Morgan fingerprint density at radius 1 is 1.09 bits per heavy atom. The summed E-state index contributed by atoms with van der Waals surface area (Å²) in [5, 5.41) is 14.2. The van der Waals surface area contributed by atoms with E-state index in [-0.39, 0.29) is 45.0 Å². The number of ether oxygens (including phenoxy) is 1. The number of aryl methyl sites for hydroxylation is 1. The number of alkyl carbamates (subject to hydrolysis) is 1. The van der Waals surface area contributed by atoms with E-state index in [9.17, 15) is 26.4 Å². The molecule has 3 aromatic rings. The number of carbonyl (C=O) groups is 1. The molecule has 1 aliphatic rings. The molecule has 0 spiro atoms. The van der Waals surface area contributed by atoms with Crippen LogP contribution in [-0.2, 0) is 27.4 Å². The first-order chi connectivity index (χ1) is 20.3. The van der Waals surface area contributed by atoms with Crippen LogP contribution in [0.15, 0.2) is 35.2 Å². The molecule has 1 fully saturated rings. The van der Waals surface area contributed by atoms with E-state index in [0.717, 1.165) is 17.0 Å². The highest BCUT2D eigenvalue weighted by atomic mass is 32.2. The predicted molar refractivity (Wildman–Crippen MR) is 158 cm³/mol. The number of anilines is 2. The van der Waals surface area contributed by atoms with Gasteiger partial charge in [0.2, 0.25) is 10.0 Å². The van der Waals surface area contributed by atoms with Crippen molar-refractivity contribution in [2.45, 2.75) is 88.9 Å². The Kier molecular flexibility index (Phi) is 10.3. The van der Waals surface area contributed by atoms with Gasteiger partial charge in [0.15, 0.2) is 11.5 Å². The average molecular weight is 641 g/mol. The number of sulfonamides is 1. The van der Waals surface area contributed by atoms with Gasteiger partial charge >= 0.3 is 12.3 Å². The Balaban J connectivity index is 1.67. The number of aromatic nitrogens is 3. The quantitative estimate of drug-likeness (QED) is 0.232. The van der Waals surface area contributed by atoms with Crippen LogP contribution in [0.1, 0.15) is 75.7 Å². The minimum atomic E-state index is -4.81. The third-order valence-corrected chi connectivity index (χ3v) is 9.69. The minimum Gasteiger partial charge on any atom is -0.447 e. The van der Waals surface area contributed by atoms with Crippen molar-refractivity contribution in [2.75, 3.05) is 11.9 Å². The summed E-state index contributed by atoms with van der Waals surface area (Å²) in [5.41, 5.74) is -0.126. The fourth-order valence-electron chi connectivity index (χ4n) is 4.83. The molecule has 0 saturated heterocycles. The zero-order valence-corrected chi connectivity index (χ0v) is 25.9. The van der Waals surface area contributed by atoms with Crippen LogP contribution in [0.25, 0.3) is 10.4 Å². The van der Waals surface area contributed by atoms with Gasteiger partial charge in [0.05, 0.1) is 26.6 Å². The molecule has 0 unspecified atom stereocenters. The summed E-state index contributed by atoms with van der Waals surface area (Å²) >= 11 is 0.854. The number of halogens is 3. The fourth-order valence-corrected chi connectivity index (χ4v) is 7.46. The lowest BCUT2D eigenvalue weighted by atomic mass is 9.86. The number of nitrogens with zero attached hydrogens (tertiary/aromatic N) is 3. The average Bonchev–Trinajstić information content (AvgIpc) is 3.40. The number of hydrogen-bond acceptors (Lipinski definition) is 9. The second-order valence-corrected chi connectivity index (χ2v) is 13.2. The second kappa shape index (κ2) is 13.6. The molecule has 3 N–H and O–H groups in total. The smallest absolute Gasteiger partial charge is 0.434 e. The lowest BCUT2D eigenvalue weighted by Crippen LogP contribution is -2.38. The molecule has 1 saturated carbocycles. The molecule has 234 valence electrons. The molecule has 2 heterocycles. The lowest BCUT2D eigenvalue weighted by molar-refractivity contribution is -0.140. The third kappa shape index (κ3) is 8.21. The zero-order valence-electron chi connectivity index (χ0n) is 24.3. The number of rotatable bonds is 10. The van der Waals surface area contributed by atoms with Gasteiger partial charge in [0.25, 0.3) is 0 Å². The van der Waals surface area contributed by atoms with Crippen LogP contribution in [0.3, 0.4) is 0 Å². The van der Waals surface area contributed by atoms with Gasteiger partial charge in [0.1, 0.15) is 0 Å². The van der Waals surface area contributed by atoms with Crippen molar-refractivity contribution in [3.63, 3.8) is 0 Å². The highest BCUT2D eigenvalue weighted by Gasteiger charge is 2.40. The number of benzene rings is 1. The molecule has 2 aromatic heterocycles. The molecule has 43 heavy (non-hydrogen) atoms. The number of alkyl halides is 3. The van der Waals surface area contributed by atoms with Crippen LogP contribution in [0.5, 0.6) is 0 Å². The van der Waals surface area contributed by atoms with Gasteiger partial charge in [-0.2, -0.15) is 18.3 Å². The summed E-state index contributed by atoms with van der Waals surface area (Å²) in [6.45, 7) is 7.05. The molecular weight excluding hydrogens is 605 g/mol.